The fraction of sp³-hybridized carbons (Fsp3) is 0.696. The molecule has 30 heavy (non-hydrogen) atoms. The maximum atomic E-state index is 5.85. The minimum absolute atomic E-state index is 0. The molecule has 0 spiro atoms. The molecule has 0 radical (unpaired) electrons. The summed E-state index contributed by atoms with van der Waals surface area (Å²) in [5, 5.41) is 6.78. The Bertz CT molecular complexity index is 589. The number of halogens is 1. The van der Waals surface area contributed by atoms with E-state index in [-0.39, 0.29) is 30.0 Å². The van der Waals surface area contributed by atoms with Crippen LogP contribution < -0.4 is 10.6 Å². The van der Waals surface area contributed by atoms with Gasteiger partial charge in [0.25, 0.3) is 0 Å². The van der Waals surface area contributed by atoms with Crippen molar-refractivity contribution in [2.45, 2.75) is 39.2 Å². The van der Waals surface area contributed by atoms with Gasteiger partial charge in [0.2, 0.25) is 0 Å². The number of guanidine groups is 1. The quantitative estimate of drug-likeness (QED) is 0.198. The number of ether oxygens (including phenoxy) is 2. The standard InChI is InChI=1S/C23H40N4O2.HI/c1-5-24-23(25-13-6-14-29-18-20-11-15-28-16-12-20)26-17-22(27(3)4)21-9-7-19(2)8-10-21;/h7-10,20,22H,5-6,11-18H2,1-4H3,(H2,24,25,26);1H. The van der Waals surface area contributed by atoms with E-state index in [0.717, 1.165) is 64.7 Å². The minimum atomic E-state index is 0. The Labute approximate surface area is 200 Å². The van der Waals surface area contributed by atoms with Crippen molar-refractivity contribution in [3.63, 3.8) is 0 Å². The van der Waals surface area contributed by atoms with Crippen molar-refractivity contribution in [2.24, 2.45) is 10.9 Å². The van der Waals surface area contributed by atoms with Gasteiger partial charge in [0, 0.05) is 39.5 Å². The Hall–Kier alpha value is -0.900. The lowest BCUT2D eigenvalue weighted by Crippen LogP contribution is -2.38. The molecule has 172 valence electrons. The van der Waals surface area contributed by atoms with Crippen LogP contribution in [0.1, 0.15) is 43.4 Å². The van der Waals surface area contributed by atoms with Crippen molar-refractivity contribution in [1.29, 1.82) is 0 Å². The summed E-state index contributed by atoms with van der Waals surface area (Å²) in [6, 6.07) is 8.99. The third-order valence-electron chi connectivity index (χ3n) is 5.30. The normalized spacial score (nSPS) is 16.2. The number of nitrogens with one attached hydrogen (secondary N) is 2. The average Bonchev–Trinajstić information content (AvgIpc) is 2.72. The number of hydrogen-bond acceptors (Lipinski definition) is 4. The summed E-state index contributed by atoms with van der Waals surface area (Å²) in [7, 11) is 4.21. The van der Waals surface area contributed by atoms with Crippen molar-refractivity contribution in [2.75, 3.05) is 60.2 Å². The zero-order valence-corrected chi connectivity index (χ0v) is 21.5. The largest absolute Gasteiger partial charge is 0.381 e. The first-order valence-electron chi connectivity index (χ1n) is 11.0. The van der Waals surface area contributed by atoms with Gasteiger partial charge < -0.3 is 25.0 Å². The summed E-state index contributed by atoms with van der Waals surface area (Å²) >= 11 is 0. The van der Waals surface area contributed by atoms with E-state index in [1.165, 1.54) is 11.1 Å². The first kappa shape index (κ1) is 27.1. The predicted molar refractivity (Wildman–Crippen MR) is 136 cm³/mol. The summed E-state index contributed by atoms with van der Waals surface area (Å²) < 4.78 is 11.2. The molecule has 0 amide bonds. The molecule has 1 aliphatic rings. The van der Waals surface area contributed by atoms with Crippen molar-refractivity contribution < 1.29 is 9.47 Å². The van der Waals surface area contributed by atoms with Crippen molar-refractivity contribution in [3.8, 4) is 0 Å². The molecule has 0 aliphatic carbocycles. The van der Waals surface area contributed by atoms with Crippen LogP contribution >= 0.6 is 24.0 Å². The maximum Gasteiger partial charge on any atom is 0.191 e. The fourth-order valence-corrected chi connectivity index (χ4v) is 3.42. The summed E-state index contributed by atoms with van der Waals surface area (Å²) in [5.41, 5.74) is 2.57. The third-order valence-corrected chi connectivity index (χ3v) is 5.30. The molecule has 1 heterocycles. The molecule has 1 atom stereocenters. The van der Waals surface area contributed by atoms with Gasteiger partial charge in [-0.1, -0.05) is 29.8 Å². The predicted octanol–water partition coefficient (Wildman–Crippen LogP) is 3.60. The van der Waals surface area contributed by atoms with Gasteiger partial charge in [0.05, 0.1) is 12.6 Å². The molecule has 1 saturated heterocycles. The molecule has 0 bridgehead atoms. The molecule has 7 heteroatoms. The van der Waals surface area contributed by atoms with E-state index in [4.69, 9.17) is 14.5 Å². The maximum absolute atomic E-state index is 5.85. The Morgan fingerprint density at radius 2 is 1.90 bits per heavy atom. The topological polar surface area (TPSA) is 58.1 Å². The van der Waals surface area contributed by atoms with E-state index in [1.807, 2.05) is 0 Å². The van der Waals surface area contributed by atoms with Crippen LogP contribution in [-0.4, -0.2) is 71.0 Å². The molecule has 1 fully saturated rings. The highest BCUT2D eigenvalue weighted by molar-refractivity contribution is 14.0. The number of nitrogens with zero attached hydrogens (tertiary/aromatic N) is 2. The summed E-state index contributed by atoms with van der Waals surface area (Å²) in [4.78, 5) is 7.05. The second-order valence-corrected chi connectivity index (χ2v) is 8.02. The fourth-order valence-electron chi connectivity index (χ4n) is 3.42. The van der Waals surface area contributed by atoms with Gasteiger partial charge in [-0.2, -0.15) is 0 Å². The Kier molecular flexibility index (Phi) is 14.3. The van der Waals surface area contributed by atoms with Crippen LogP contribution in [0.15, 0.2) is 29.3 Å². The molecular weight excluding hydrogens is 491 g/mol. The highest BCUT2D eigenvalue weighted by atomic mass is 127. The summed E-state index contributed by atoms with van der Waals surface area (Å²) in [6.07, 6.45) is 3.23. The van der Waals surface area contributed by atoms with Gasteiger partial charge in [-0.05, 0) is 58.7 Å². The second-order valence-electron chi connectivity index (χ2n) is 8.02. The molecule has 0 aromatic heterocycles. The van der Waals surface area contributed by atoms with Crippen LogP contribution in [0, 0.1) is 12.8 Å². The van der Waals surface area contributed by atoms with E-state index >= 15 is 0 Å². The molecule has 1 aromatic rings. The smallest absolute Gasteiger partial charge is 0.191 e. The van der Waals surface area contributed by atoms with Crippen LogP contribution in [0.5, 0.6) is 0 Å². The lowest BCUT2D eigenvalue weighted by atomic mass is 10.0. The lowest BCUT2D eigenvalue weighted by molar-refractivity contribution is 0.0203. The highest BCUT2D eigenvalue weighted by Crippen LogP contribution is 2.19. The monoisotopic (exact) mass is 532 g/mol. The Morgan fingerprint density at radius 1 is 1.20 bits per heavy atom. The zero-order chi connectivity index (χ0) is 20.9. The highest BCUT2D eigenvalue weighted by Gasteiger charge is 2.14. The molecule has 1 aromatic carbocycles. The van der Waals surface area contributed by atoms with Crippen molar-refractivity contribution in [1.82, 2.24) is 15.5 Å². The Morgan fingerprint density at radius 3 is 2.53 bits per heavy atom. The number of aryl methyl sites for hydroxylation is 1. The van der Waals surface area contributed by atoms with Crippen LogP contribution in [0.25, 0.3) is 0 Å². The van der Waals surface area contributed by atoms with Crippen LogP contribution in [0.4, 0.5) is 0 Å². The lowest BCUT2D eigenvalue weighted by Gasteiger charge is -2.24. The SMILES string of the molecule is CCNC(=NCC(c1ccc(C)cc1)N(C)C)NCCCOCC1CCOCC1.I. The number of hydrogen-bond donors (Lipinski definition) is 2. The van der Waals surface area contributed by atoms with Gasteiger partial charge in [0.15, 0.2) is 5.96 Å². The van der Waals surface area contributed by atoms with E-state index in [1.54, 1.807) is 0 Å². The van der Waals surface area contributed by atoms with Gasteiger partial charge in [0.1, 0.15) is 0 Å². The number of aliphatic imine (C=N–C) groups is 1. The molecular formula is C23H41IN4O2. The van der Waals surface area contributed by atoms with Crippen molar-refractivity contribution in [3.05, 3.63) is 35.4 Å². The number of rotatable bonds is 11. The number of likely N-dealkylation sites (N-methyl/N-ethyl adjacent to an activating group) is 1. The van der Waals surface area contributed by atoms with Gasteiger partial charge >= 0.3 is 0 Å². The van der Waals surface area contributed by atoms with E-state index in [9.17, 15) is 0 Å². The second kappa shape index (κ2) is 15.8. The van der Waals surface area contributed by atoms with Gasteiger partial charge in [-0.25, -0.2) is 0 Å². The van der Waals surface area contributed by atoms with Crippen molar-refractivity contribution >= 4 is 29.9 Å². The summed E-state index contributed by atoms with van der Waals surface area (Å²) in [6.45, 7) is 10.0. The molecule has 0 saturated carbocycles. The van der Waals surface area contributed by atoms with Gasteiger partial charge in [-0.15, -0.1) is 24.0 Å². The first-order chi connectivity index (χ1) is 14.1. The summed E-state index contributed by atoms with van der Waals surface area (Å²) in [5.74, 6) is 1.54. The average molecular weight is 533 g/mol. The van der Waals surface area contributed by atoms with E-state index < -0.39 is 0 Å². The van der Waals surface area contributed by atoms with Crippen LogP contribution in [0.2, 0.25) is 0 Å². The molecule has 2 N–H and O–H groups in total. The third kappa shape index (κ3) is 10.4. The number of benzene rings is 1. The molecule has 2 rings (SSSR count). The minimum Gasteiger partial charge on any atom is -0.381 e. The first-order valence-corrected chi connectivity index (χ1v) is 11.0. The van der Waals surface area contributed by atoms with E-state index in [0.29, 0.717) is 12.5 Å². The van der Waals surface area contributed by atoms with E-state index in [2.05, 4.69) is 67.7 Å². The van der Waals surface area contributed by atoms with Crippen LogP contribution in [0.3, 0.4) is 0 Å². The zero-order valence-electron chi connectivity index (χ0n) is 19.2. The molecule has 1 aliphatic heterocycles. The molecule has 6 nitrogen and oxygen atoms in total. The van der Waals surface area contributed by atoms with Crippen LogP contribution in [-0.2, 0) is 9.47 Å². The van der Waals surface area contributed by atoms with Gasteiger partial charge in [-0.3, -0.25) is 4.99 Å². The molecule has 1 unspecified atom stereocenters. The Balaban J connectivity index is 0.00000450.